The Labute approximate surface area is 193 Å². The van der Waals surface area contributed by atoms with Gasteiger partial charge in [-0.1, -0.05) is 42.5 Å². The highest BCUT2D eigenvalue weighted by Gasteiger charge is 2.27. The Bertz CT molecular complexity index is 1130. The van der Waals surface area contributed by atoms with Gasteiger partial charge in [-0.15, -0.1) is 0 Å². The van der Waals surface area contributed by atoms with E-state index in [0.29, 0.717) is 24.5 Å². The standard InChI is InChI=1S/C27H27FN2O3/c1-18(11-12-19-7-3-2-4-8-19)29-26(31)21-15-20-16-22(13-14-25(20)33-17-21)30-27(32)23-9-5-6-10-24(23)28/h2-10,13-14,16,18,21H,11-12,15,17H2,1H3,(H,29,31)(H,30,32)/t18-,21+/m0/s1. The molecule has 0 aromatic heterocycles. The zero-order chi connectivity index (χ0) is 23.2. The molecule has 6 heteroatoms. The molecule has 0 fully saturated rings. The average molecular weight is 447 g/mol. The van der Waals surface area contributed by atoms with Gasteiger partial charge in [0.05, 0.1) is 11.5 Å². The van der Waals surface area contributed by atoms with Crippen LogP contribution < -0.4 is 15.4 Å². The van der Waals surface area contributed by atoms with Crippen LogP contribution in [0.15, 0.2) is 72.8 Å². The predicted octanol–water partition coefficient (Wildman–Crippen LogP) is 4.77. The third-order valence-electron chi connectivity index (χ3n) is 5.81. The molecular weight excluding hydrogens is 419 g/mol. The van der Waals surface area contributed by atoms with Gasteiger partial charge in [-0.25, -0.2) is 4.39 Å². The van der Waals surface area contributed by atoms with Gasteiger partial charge in [0.1, 0.15) is 18.2 Å². The topological polar surface area (TPSA) is 67.4 Å². The Morgan fingerprint density at radius 1 is 1.06 bits per heavy atom. The van der Waals surface area contributed by atoms with Crippen molar-refractivity contribution in [2.45, 2.75) is 32.2 Å². The summed E-state index contributed by atoms with van der Waals surface area (Å²) in [6, 6.07) is 21.3. The van der Waals surface area contributed by atoms with E-state index in [0.717, 1.165) is 18.4 Å². The molecule has 5 nitrogen and oxygen atoms in total. The Balaban J connectivity index is 1.34. The fourth-order valence-electron chi connectivity index (χ4n) is 3.95. The lowest BCUT2D eigenvalue weighted by atomic mass is 9.95. The zero-order valence-corrected chi connectivity index (χ0v) is 18.5. The predicted molar refractivity (Wildman–Crippen MR) is 126 cm³/mol. The Kier molecular flexibility index (Phi) is 7.03. The summed E-state index contributed by atoms with van der Waals surface area (Å²) in [5, 5.41) is 5.82. The first kappa shape index (κ1) is 22.5. The minimum absolute atomic E-state index is 0.0202. The second kappa shape index (κ2) is 10.3. The van der Waals surface area contributed by atoms with Crippen molar-refractivity contribution in [1.29, 1.82) is 0 Å². The third kappa shape index (κ3) is 5.77. The largest absolute Gasteiger partial charge is 0.492 e. The SMILES string of the molecule is C[C@@H](CCc1ccccc1)NC(=O)[C@H]1COc2ccc(NC(=O)c3ccccc3F)cc2C1. The van der Waals surface area contributed by atoms with E-state index < -0.39 is 11.7 Å². The fraction of sp³-hybridized carbons (Fsp3) is 0.259. The molecule has 2 N–H and O–H groups in total. The van der Waals surface area contributed by atoms with Crippen molar-refractivity contribution in [3.63, 3.8) is 0 Å². The highest BCUT2D eigenvalue weighted by atomic mass is 19.1. The molecule has 3 aromatic carbocycles. The van der Waals surface area contributed by atoms with Crippen molar-refractivity contribution in [2.75, 3.05) is 11.9 Å². The first-order chi connectivity index (χ1) is 16.0. The van der Waals surface area contributed by atoms with Gasteiger partial charge in [0.25, 0.3) is 5.91 Å². The number of hydrogen-bond acceptors (Lipinski definition) is 3. The van der Waals surface area contributed by atoms with Crippen LogP contribution in [0, 0.1) is 11.7 Å². The number of ether oxygens (including phenoxy) is 1. The minimum Gasteiger partial charge on any atom is -0.492 e. The quantitative estimate of drug-likeness (QED) is 0.550. The Hall–Kier alpha value is -3.67. The maximum absolute atomic E-state index is 13.9. The number of halogens is 1. The maximum atomic E-state index is 13.9. The molecule has 1 heterocycles. The highest BCUT2D eigenvalue weighted by Crippen LogP contribution is 2.30. The van der Waals surface area contributed by atoms with E-state index >= 15 is 0 Å². The first-order valence-electron chi connectivity index (χ1n) is 11.2. The van der Waals surface area contributed by atoms with Crippen LogP contribution in [0.5, 0.6) is 5.75 Å². The second-order valence-corrected chi connectivity index (χ2v) is 8.40. The molecule has 0 spiro atoms. The molecule has 4 rings (SSSR count). The summed E-state index contributed by atoms with van der Waals surface area (Å²) in [5.74, 6) is -0.753. The molecule has 2 amide bonds. The third-order valence-corrected chi connectivity index (χ3v) is 5.81. The van der Waals surface area contributed by atoms with Gasteiger partial charge in [0, 0.05) is 11.7 Å². The Morgan fingerprint density at radius 2 is 1.82 bits per heavy atom. The van der Waals surface area contributed by atoms with Crippen LogP contribution in [-0.4, -0.2) is 24.5 Å². The van der Waals surface area contributed by atoms with E-state index in [4.69, 9.17) is 4.74 Å². The van der Waals surface area contributed by atoms with E-state index in [1.165, 1.54) is 23.8 Å². The van der Waals surface area contributed by atoms with Crippen molar-refractivity contribution in [3.8, 4) is 5.75 Å². The number of benzene rings is 3. The van der Waals surface area contributed by atoms with Crippen molar-refractivity contribution >= 4 is 17.5 Å². The summed E-state index contributed by atoms with van der Waals surface area (Å²) in [5.41, 5.74) is 2.60. The monoisotopic (exact) mass is 446 g/mol. The molecule has 0 saturated carbocycles. The fourth-order valence-corrected chi connectivity index (χ4v) is 3.95. The summed E-state index contributed by atoms with van der Waals surface area (Å²) in [6.07, 6.45) is 2.26. The molecule has 33 heavy (non-hydrogen) atoms. The van der Waals surface area contributed by atoms with Crippen LogP contribution in [0.4, 0.5) is 10.1 Å². The Morgan fingerprint density at radius 3 is 2.61 bits per heavy atom. The van der Waals surface area contributed by atoms with Gasteiger partial charge in [0.2, 0.25) is 5.91 Å². The van der Waals surface area contributed by atoms with Crippen molar-refractivity contribution in [1.82, 2.24) is 5.32 Å². The van der Waals surface area contributed by atoms with Crippen LogP contribution in [0.2, 0.25) is 0 Å². The summed E-state index contributed by atoms with van der Waals surface area (Å²) < 4.78 is 19.7. The zero-order valence-electron chi connectivity index (χ0n) is 18.5. The van der Waals surface area contributed by atoms with E-state index in [1.807, 2.05) is 25.1 Å². The summed E-state index contributed by atoms with van der Waals surface area (Å²) in [6.45, 7) is 2.32. The summed E-state index contributed by atoms with van der Waals surface area (Å²) in [4.78, 5) is 25.2. The van der Waals surface area contributed by atoms with E-state index in [9.17, 15) is 14.0 Å². The van der Waals surface area contributed by atoms with Crippen LogP contribution in [0.25, 0.3) is 0 Å². The molecule has 2 atom stereocenters. The number of anilines is 1. The second-order valence-electron chi connectivity index (χ2n) is 8.40. The maximum Gasteiger partial charge on any atom is 0.258 e. The molecule has 0 saturated heterocycles. The lowest BCUT2D eigenvalue weighted by molar-refractivity contribution is -0.126. The molecular formula is C27H27FN2O3. The molecule has 1 aliphatic rings. The van der Waals surface area contributed by atoms with Crippen molar-refractivity contribution < 1.29 is 18.7 Å². The molecule has 0 bridgehead atoms. The molecule has 0 radical (unpaired) electrons. The van der Waals surface area contributed by atoms with Gasteiger partial charge in [0.15, 0.2) is 0 Å². The molecule has 0 aliphatic carbocycles. The van der Waals surface area contributed by atoms with Crippen molar-refractivity contribution in [2.24, 2.45) is 5.92 Å². The normalized spacial score (nSPS) is 15.6. The number of carbonyl (C=O) groups excluding carboxylic acids is 2. The molecule has 3 aromatic rings. The number of aryl methyl sites for hydroxylation is 1. The highest BCUT2D eigenvalue weighted by molar-refractivity contribution is 6.04. The summed E-state index contributed by atoms with van der Waals surface area (Å²) in [7, 11) is 0. The van der Waals surface area contributed by atoms with Gasteiger partial charge in [-0.05, 0) is 67.6 Å². The van der Waals surface area contributed by atoms with Gasteiger partial charge in [-0.2, -0.15) is 0 Å². The van der Waals surface area contributed by atoms with E-state index in [2.05, 4.69) is 22.8 Å². The number of hydrogen-bond donors (Lipinski definition) is 2. The number of amides is 2. The van der Waals surface area contributed by atoms with Crippen LogP contribution >= 0.6 is 0 Å². The number of carbonyl (C=O) groups is 2. The number of fused-ring (bicyclic) bond motifs is 1. The van der Waals surface area contributed by atoms with Crippen LogP contribution in [0.1, 0.15) is 34.8 Å². The molecule has 0 unspecified atom stereocenters. The lowest BCUT2D eigenvalue weighted by Gasteiger charge is -2.26. The van der Waals surface area contributed by atoms with Gasteiger partial charge >= 0.3 is 0 Å². The number of rotatable bonds is 7. The number of nitrogens with one attached hydrogen (secondary N) is 2. The van der Waals surface area contributed by atoms with Crippen LogP contribution in [-0.2, 0) is 17.6 Å². The van der Waals surface area contributed by atoms with Crippen LogP contribution in [0.3, 0.4) is 0 Å². The lowest BCUT2D eigenvalue weighted by Crippen LogP contribution is -2.41. The van der Waals surface area contributed by atoms with Gasteiger partial charge < -0.3 is 15.4 Å². The molecule has 170 valence electrons. The molecule has 1 aliphatic heterocycles. The average Bonchev–Trinajstić information content (AvgIpc) is 2.83. The van der Waals surface area contributed by atoms with Gasteiger partial charge in [-0.3, -0.25) is 9.59 Å². The van der Waals surface area contributed by atoms with E-state index in [-0.39, 0.29) is 23.4 Å². The van der Waals surface area contributed by atoms with E-state index in [1.54, 1.807) is 24.3 Å². The first-order valence-corrected chi connectivity index (χ1v) is 11.2. The minimum atomic E-state index is -0.575. The smallest absolute Gasteiger partial charge is 0.258 e. The van der Waals surface area contributed by atoms with Crippen molar-refractivity contribution in [3.05, 3.63) is 95.3 Å². The summed E-state index contributed by atoms with van der Waals surface area (Å²) >= 11 is 0.